The van der Waals surface area contributed by atoms with E-state index >= 15 is 0 Å². The third kappa shape index (κ3) is 2.20. The lowest BCUT2D eigenvalue weighted by atomic mass is 9.76. The lowest BCUT2D eigenvalue weighted by Crippen LogP contribution is -2.29. The van der Waals surface area contributed by atoms with Crippen LogP contribution in [0.15, 0.2) is 54.6 Å². The number of allylic oxidation sites excluding steroid dienone is 2. The molecular weight excluding hydrogens is 369 g/mol. The van der Waals surface area contributed by atoms with Gasteiger partial charge >= 0.3 is 0 Å². The molecule has 4 rings (SSSR count). The summed E-state index contributed by atoms with van der Waals surface area (Å²) in [6, 6.07) is 15.9. The molecule has 2 aromatic carbocycles. The molecule has 0 amide bonds. The maximum atomic E-state index is 3.84. The summed E-state index contributed by atoms with van der Waals surface area (Å²) >= 11 is 2.43. The average Bonchev–Trinajstić information content (AvgIpc) is 2.97. The summed E-state index contributed by atoms with van der Waals surface area (Å²) in [5.41, 5.74) is 5.58. The molecular formula is C19H18IN. The minimum absolute atomic E-state index is 0.414. The van der Waals surface area contributed by atoms with Gasteiger partial charge in [0.15, 0.2) is 0 Å². The molecule has 0 aromatic heterocycles. The molecule has 1 heterocycles. The van der Waals surface area contributed by atoms with Gasteiger partial charge in [-0.1, -0.05) is 42.5 Å². The molecule has 2 heteroatoms. The molecule has 21 heavy (non-hydrogen) atoms. The number of anilines is 1. The highest BCUT2D eigenvalue weighted by atomic mass is 127. The van der Waals surface area contributed by atoms with Crippen molar-refractivity contribution in [2.24, 2.45) is 5.92 Å². The molecule has 2 aliphatic rings. The second-order valence-electron chi connectivity index (χ2n) is 6.07. The molecule has 1 nitrogen and oxygen atoms in total. The van der Waals surface area contributed by atoms with Gasteiger partial charge in [-0.15, -0.1) is 0 Å². The van der Waals surface area contributed by atoms with Crippen LogP contribution in [0.5, 0.6) is 0 Å². The zero-order chi connectivity index (χ0) is 14.4. The summed E-state index contributed by atoms with van der Waals surface area (Å²) in [6.07, 6.45) is 5.94. The maximum absolute atomic E-state index is 3.84. The van der Waals surface area contributed by atoms with Crippen LogP contribution >= 0.6 is 22.6 Å². The van der Waals surface area contributed by atoms with Gasteiger partial charge in [-0.3, -0.25) is 0 Å². The van der Waals surface area contributed by atoms with Crippen LogP contribution in [0.1, 0.15) is 35.1 Å². The molecule has 0 saturated heterocycles. The van der Waals surface area contributed by atoms with Crippen molar-refractivity contribution < 1.29 is 0 Å². The van der Waals surface area contributed by atoms with Gasteiger partial charge < -0.3 is 5.32 Å². The lowest BCUT2D eigenvalue weighted by Gasteiger charge is -2.38. The summed E-state index contributed by atoms with van der Waals surface area (Å²) in [5.74, 6) is 1.19. The zero-order valence-electron chi connectivity index (χ0n) is 12.0. The molecule has 2 aromatic rings. The van der Waals surface area contributed by atoms with E-state index in [1.165, 1.54) is 32.4 Å². The molecule has 1 aliphatic carbocycles. The first-order valence-corrected chi connectivity index (χ1v) is 8.60. The molecule has 0 spiro atoms. The van der Waals surface area contributed by atoms with E-state index in [1.807, 2.05) is 0 Å². The van der Waals surface area contributed by atoms with E-state index < -0.39 is 0 Å². The molecule has 0 radical (unpaired) electrons. The Hall–Kier alpha value is -1.29. The summed E-state index contributed by atoms with van der Waals surface area (Å²) in [6.45, 7) is 2.22. The largest absolute Gasteiger partial charge is 0.377 e. The van der Waals surface area contributed by atoms with E-state index in [0.29, 0.717) is 17.9 Å². The van der Waals surface area contributed by atoms with Crippen LogP contribution in [0.4, 0.5) is 5.69 Å². The third-order valence-corrected chi connectivity index (χ3v) is 5.41. The topological polar surface area (TPSA) is 12.0 Å². The SMILES string of the molecule is Cc1cc(I)cc2c1N[C@H](c1ccccc1)[C@@H]1CC=C[C@@H]21. The Morgan fingerprint density at radius 3 is 2.76 bits per heavy atom. The van der Waals surface area contributed by atoms with Gasteiger partial charge in [0.25, 0.3) is 0 Å². The van der Waals surface area contributed by atoms with E-state index in [2.05, 4.69) is 89.4 Å². The average molecular weight is 387 g/mol. The highest BCUT2D eigenvalue weighted by Crippen LogP contribution is 2.50. The van der Waals surface area contributed by atoms with E-state index in [9.17, 15) is 0 Å². The normalized spacial score (nSPS) is 26.1. The first-order valence-electron chi connectivity index (χ1n) is 7.52. The second-order valence-corrected chi connectivity index (χ2v) is 7.32. The number of hydrogen-bond donors (Lipinski definition) is 1. The molecule has 1 aliphatic heterocycles. The van der Waals surface area contributed by atoms with E-state index in [4.69, 9.17) is 0 Å². The van der Waals surface area contributed by atoms with E-state index in [-0.39, 0.29) is 0 Å². The van der Waals surface area contributed by atoms with Gasteiger partial charge in [-0.05, 0) is 70.7 Å². The number of fused-ring (bicyclic) bond motifs is 3. The van der Waals surface area contributed by atoms with Crippen molar-refractivity contribution in [2.75, 3.05) is 5.32 Å². The maximum Gasteiger partial charge on any atom is 0.0554 e. The van der Waals surface area contributed by atoms with Gasteiger partial charge in [0, 0.05) is 15.2 Å². The number of aryl methyl sites for hydroxylation is 1. The van der Waals surface area contributed by atoms with Crippen molar-refractivity contribution in [3.63, 3.8) is 0 Å². The van der Waals surface area contributed by atoms with Crippen molar-refractivity contribution in [3.8, 4) is 0 Å². The summed E-state index contributed by atoms with van der Waals surface area (Å²) in [4.78, 5) is 0. The monoisotopic (exact) mass is 387 g/mol. The van der Waals surface area contributed by atoms with Crippen molar-refractivity contribution in [2.45, 2.75) is 25.3 Å². The molecule has 1 N–H and O–H groups in total. The van der Waals surface area contributed by atoms with Crippen molar-refractivity contribution in [1.82, 2.24) is 0 Å². The van der Waals surface area contributed by atoms with Crippen LogP contribution in [0.3, 0.4) is 0 Å². The van der Waals surface area contributed by atoms with Crippen LogP contribution in [-0.4, -0.2) is 0 Å². The minimum Gasteiger partial charge on any atom is -0.377 e. The first-order chi connectivity index (χ1) is 10.2. The fraction of sp³-hybridized carbons (Fsp3) is 0.263. The predicted octanol–water partition coefficient (Wildman–Crippen LogP) is 5.43. The van der Waals surface area contributed by atoms with E-state index in [0.717, 1.165) is 0 Å². The first kappa shape index (κ1) is 13.4. The molecule has 0 fully saturated rings. The van der Waals surface area contributed by atoms with Crippen LogP contribution in [-0.2, 0) is 0 Å². The van der Waals surface area contributed by atoms with Gasteiger partial charge in [0.1, 0.15) is 0 Å². The molecule has 0 unspecified atom stereocenters. The third-order valence-electron chi connectivity index (χ3n) is 4.79. The number of nitrogens with one attached hydrogen (secondary N) is 1. The molecule has 3 atom stereocenters. The highest BCUT2D eigenvalue weighted by molar-refractivity contribution is 14.1. The van der Waals surface area contributed by atoms with Crippen LogP contribution in [0.25, 0.3) is 0 Å². The summed E-state index contributed by atoms with van der Waals surface area (Å²) < 4.78 is 1.34. The van der Waals surface area contributed by atoms with Crippen molar-refractivity contribution >= 4 is 28.3 Å². The number of halogens is 1. The molecule has 106 valence electrons. The number of hydrogen-bond acceptors (Lipinski definition) is 1. The Kier molecular flexibility index (Phi) is 3.29. The number of benzene rings is 2. The standard InChI is InChI=1S/C19H18IN/c1-12-10-14(20)11-17-15-8-5-9-16(15)19(21-18(12)17)13-6-3-2-4-7-13/h2-8,10-11,15-16,19,21H,9H2,1H3/t15-,16-,19-/m1/s1. The Balaban J connectivity index is 1.84. The van der Waals surface area contributed by atoms with Gasteiger partial charge in [-0.2, -0.15) is 0 Å². The highest BCUT2D eigenvalue weighted by Gasteiger charge is 2.38. The molecule has 0 bridgehead atoms. The Labute approximate surface area is 139 Å². The summed E-state index contributed by atoms with van der Waals surface area (Å²) in [7, 11) is 0. The van der Waals surface area contributed by atoms with Crippen LogP contribution < -0.4 is 5.32 Å². The Bertz CT molecular complexity index is 705. The molecule has 0 saturated carbocycles. The fourth-order valence-corrected chi connectivity index (χ4v) is 4.63. The van der Waals surface area contributed by atoms with Crippen LogP contribution in [0.2, 0.25) is 0 Å². The Morgan fingerprint density at radius 1 is 1.14 bits per heavy atom. The Morgan fingerprint density at radius 2 is 1.95 bits per heavy atom. The fourth-order valence-electron chi connectivity index (χ4n) is 3.83. The van der Waals surface area contributed by atoms with Gasteiger partial charge in [0.2, 0.25) is 0 Å². The number of rotatable bonds is 1. The van der Waals surface area contributed by atoms with Gasteiger partial charge in [0.05, 0.1) is 6.04 Å². The second kappa shape index (κ2) is 5.16. The smallest absolute Gasteiger partial charge is 0.0554 e. The minimum atomic E-state index is 0.414. The lowest BCUT2D eigenvalue weighted by molar-refractivity contribution is 0.425. The summed E-state index contributed by atoms with van der Waals surface area (Å²) in [5, 5.41) is 3.84. The van der Waals surface area contributed by atoms with E-state index in [1.54, 1.807) is 0 Å². The van der Waals surface area contributed by atoms with Crippen molar-refractivity contribution in [3.05, 3.63) is 74.9 Å². The van der Waals surface area contributed by atoms with Crippen LogP contribution in [0, 0.1) is 16.4 Å². The zero-order valence-corrected chi connectivity index (χ0v) is 14.2. The quantitative estimate of drug-likeness (QED) is 0.509. The van der Waals surface area contributed by atoms with Gasteiger partial charge in [-0.25, -0.2) is 0 Å². The van der Waals surface area contributed by atoms with Crippen molar-refractivity contribution in [1.29, 1.82) is 0 Å². The predicted molar refractivity (Wildman–Crippen MR) is 96.7 cm³/mol.